The monoisotopic (exact) mass is 468 g/mol. The molecule has 2 N–H and O–H groups in total. The predicted octanol–water partition coefficient (Wildman–Crippen LogP) is 2.00. The minimum atomic E-state index is -0.234. The Balaban J connectivity index is 1.13. The van der Waals surface area contributed by atoms with Gasteiger partial charge in [0.1, 0.15) is 0 Å². The summed E-state index contributed by atoms with van der Waals surface area (Å²) in [6.07, 6.45) is 5.57. The summed E-state index contributed by atoms with van der Waals surface area (Å²) in [5.74, 6) is 1.27. The molecule has 1 unspecified atom stereocenters. The molecule has 4 aliphatic heterocycles. The zero-order chi connectivity index (χ0) is 22.8. The van der Waals surface area contributed by atoms with Gasteiger partial charge in [-0.05, 0) is 50.3 Å². The van der Waals surface area contributed by atoms with E-state index in [4.69, 9.17) is 5.73 Å². The lowest BCUT2D eigenvalue weighted by Crippen LogP contribution is -2.59. The normalized spacial score (nSPS) is 27.6. The number of primary amides is 1. The first kappa shape index (κ1) is 22.4. The van der Waals surface area contributed by atoms with E-state index in [0.29, 0.717) is 37.9 Å². The van der Waals surface area contributed by atoms with Crippen LogP contribution in [0.3, 0.4) is 0 Å². The number of nitrogens with two attached hydrogens (primary N) is 1. The Morgan fingerprint density at radius 2 is 1.88 bits per heavy atom. The Bertz CT molecular complexity index is 974. The Morgan fingerprint density at radius 1 is 1.09 bits per heavy atom. The van der Waals surface area contributed by atoms with Gasteiger partial charge in [-0.1, -0.05) is 23.4 Å². The number of thioether (sulfide) groups is 1. The van der Waals surface area contributed by atoms with Crippen molar-refractivity contribution in [1.82, 2.24) is 24.8 Å². The van der Waals surface area contributed by atoms with Crippen LogP contribution in [0, 0.1) is 17.8 Å². The molecule has 6 rings (SSSR count). The summed E-state index contributed by atoms with van der Waals surface area (Å²) in [7, 11) is 0. The highest BCUT2D eigenvalue weighted by Gasteiger charge is 2.45. The maximum absolute atomic E-state index is 13.2. The highest BCUT2D eigenvalue weighted by molar-refractivity contribution is 7.98. The highest BCUT2D eigenvalue weighted by Crippen LogP contribution is 2.38. The van der Waals surface area contributed by atoms with Crippen LogP contribution in [0.5, 0.6) is 0 Å². The lowest BCUT2D eigenvalue weighted by atomic mass is 9.74. The van der Waals surface area contributed by atoms with Crippen LogP contribution in [-0.2, 0) is 21.9 Å². The number of fused-ring (bicyclic) bond motifs is 3. The number of hydrogen-bond acceptors (Lipinski definition) is 6. The molecule has 4 fully saturated rings. The van der Waals surface area contributed by atoms with E-state index in [2.05, 4.69) is 33.5 Å². The molecule has 2 aromatic rings. The van der Waals surface area contributed by atoms with Gasteiger partial charge in [0.2, 0.25) is 11.8 Å². The molecule has 5 heterocycles. The van der Waals surface area contributed by atoms with Gasteiger partial charge in [0.25, 0.3) is 0 Å². The second kappa shape index (κ2) is 9.85. The van der Waals surface area contributed by atoms with Gasteiger partial charge in [0, 0.05) is 48.4 Å². The molecular weight excluding hydrogens is 436 g/mol. The fraction of sp³-hybridized carbons (Fsp3) is 0.583. The third-order valence-electron chi connectivity index (χ3n) is 7.52. The van der Waals surface area contributed by atoms with E-state index in [-0.39, 0.29) is 23.7 Å². The zero-order valence-electron chi connectivity index (χ0n) is 18.9. The van der Waals surface area contributed by atoms with Crippen molar-refractivity contribution in [3.8, 4) is 0 Å². The Kier molecular flexibility index (Phi) is 6.69. The molecule has 0 spiro atoms. The quantitative estimate of drug-likeness (QED) is 0.625. The first-order valence-corrected chi connectivity index (χ1v) is 12.9. The van der Waals surface area contributed by atoms with E-state index in [1.807, 2.05) is 27.8 Å². The van der Waals surface area contributed by atoms with Crippen LogP contribution >= 0.6 is 11.8 Å². The third kappa shape index (κ3) is 5.09. The van der Waals surface area contributed by atoms with E-state index in [1.165, 1.54) is 4.90 Å². The van der Waals surface area contributed by atoms with E-state index >= 15 is 0 Å². The van der Waals surface area contributed by atoms with Gasteiger partial charge in [-0.25, -0.2) is 0 Å². The van der Waals surface area contributed by atoms with Crippen molar-refractivity contribution in [2.75, 3.05) is 26.2 Å². The maximum atomic E-state index is 13.2. The zero-order valence-corrected chi connectivity index (χ0v) is 19.7. The fourth-order valence-corrected chi connectivity index (χ4v) is 6.41. The summed E-state index contributed by atoms with van der Waals surface area (Å²) in [4.78, 5) is 30.3. The number of carbonyl (C=O) groups excluding carboxylic acids is 2. The first-order chi connectivity index (χ1) is 16.1. The summed E-state index contributed by atoms with van der Waals surface area (Å²) in [5, 5.41) is 8.73. The van der Waals surface area contributed by atoms with Crippen molar-refractivity contribution >= 4 is 23.6 Å². The lowest BCUT2D eigenvalue weighted by molar-refractivity contribution is -0.146. The largest absolute Gasteiger partial charge is 0.369 e. The molecule has 0 aliphatic carbocycles. The number of aromatic nitrogens is 3. The standard InChI is InChI=1S/C24H32N6O2S/c25-23(31)17-6-9-28(10-7-17)24(32)22-15-29-11-8-18(22)12-20(29)14-30-13-19(26-27-30)16-33-21-4-2-1-3-5-21/h1-5,13,17-18,20,22H,6-12,14-16H2,(H2,25,31)/t18-,20+,22-/m0/s1. The van der Waals surface area contributed by atoms with E-state index < -0.39 is 0 Å². The number of piperidine rings is 4. The number of rotatable bonds is 7. The lowest BCUT2D eigenvalue weighted by Gasteiger charge is -2.50. The van der Waals surface area contributed by atoms with Crippen LogP contribution in [0.15, 0.2) is 41.4 Å². The van der Waals surface area contributed by atoms with Gasteiger partial charge in [0.15, 0.2) is 0 Å². The molecule has 0 saturated carbocycles. The summed E-state index contributed by atoms with van der Waals surface area (Å²) in [5.41, 5.74) is 6.44. The average Bonchev–Trinajstić information content (AvgIpc) is 3.30. The van der Waals surface area contributed by atoms with Gasteiger partial charge >= 0.3 is 0 Å². The molecule has 8 nitrogen and oxygen atoms in total. The molecule has 2 amide bonds. The summed E-state index contributed by atoms with van der Waals surface area (Å²) in [6.45, 7) is 4.01. The van der Waals surface area contributed by atoms with Crippen LogP contribution in [-0.4, -0.2) is 68.8 Å². The van der Waals surface area contributed by atoms with Crippen molar-refractivity contribution in [3.05, 3.63) is 42.2 Å². The van der Waals surface area contributed by atoms with E-state index in [9.17, 15) is 9.59 Å². The topological polar surface area (TPSA) is 97.3 Å². The first-order valence-electron chi connectivity index (χ1n) is 12.0. The number of carbonyl (C=O) groups is 2. The summed E-state index contributed by atoms with van der Waals surface area (Å²) >= 11 is 1.77. The van der Waals surface area contributed by atoms with Gasteiger partial charge in [-0.15, -0.1) is 16.9 Å². The molecule has 4 atom stereocenters. The molecule has 2 bridgehead atoms. The molecular formula is C24H32N6O2S. The number of likely N-dealkylation sites (tertiary alicyclic amines) is 1. The van der Waals surface area contributed by atoms with Crippen molar-refractivity contribution in [1.29, 1.82) is 0 Å². The summed E-state index contributed by atoms with van der Waals surface area (Å²) < 4.78 is 1.97. The number of nitrogens with zero attached hydrogens (tertiary/aromatic N) is 5. The second-order valence-corrected chi connectivity index (χ2v) is 10.6. The van der Waals surface area contributed by atoms with Gasteiger partial charge < -0.3 is 10.6 Å². The van der Waals surface area contributed by atoms with Gasteiger partial charge in [-0.3, -0.25) is 19.2 Å². The molecule has 9 heteroatoms. The van der Waals surface area contributed by atoms with Crippen LogP contribution in [0.1, 0.15) is 31.4 Å². The second-order valence-electron chi connectivity index (χ2n) is 9.58. The smallest absolute Gasteiger partial charge is 0.227 e. The maximum Gasteiger partial charge on any atom is 0.227 e. The average molecular weight is 469 g/mol. The van der Waals surface area contributed by atoms with Crippen molar-refractivity contribution in [3.63, 3.8) is 0 Å². The predicted molar refractivity (Wildman–Crippen MR) is 126 cm³/mol. The van der Waals surface area contributed by atoms with E-state index in [1.54, 1.807) is 11.8 Å². The minimum absolute atomic E-state index is 0.0775. The minimum Gasteiger partial charge on any atom is -0.369 e. The molecule has 1 aromatic carbocycles. The number of benzene rings is 1. The van der Waals surface area contributed by atoms with Crippen LogP contribution in [0.4, 0.5) is 0 Å². The molecule has 1 aromatic heterocycles. The SMILES string of the molecule is NC(=O)C1CCN(C(=O)[C@H]2CN3CC[C@H]2C[C@@H]3Cn2cc(CSc3ccccc3)nn2)CC1. The molecule has 33 heavy (non-hydrogen) atoms. The highest BCUT2D eigenvalue weighted by atomic mass is 32.2. The molecule has 0 radical (unpaired) electrons. The van der Waals surface area contributed by atoms with Crippen LogP contribution < -0.4 is 5.73 Å². The molecule has 4 saturated heterocycles. The Labute approximate surface area is 198 Å². The molecule has 176 valence electrons. The molecule has 4 aliphatic rings. The van der Waals surface area contributed by atoms with Crippen molar-refractivity contribution < 1.29 is 9.59 Å². The van der Waals surface area contributed by atoms with Crippen molar-refractivity contribution in [2.45, 2.75) is 48.9 Å². The van der Waals surface area contributed by atoms with Crippen LogP contribution in [0.25, 0.3) is 0 Å². The number of amides is 2. The third-order valence-corrected chi connectivity index (χ3v) is 8.56. The van der Waals surface area contributed by atoms with E-state index in [0.717, 1.165) is 43.9 Å². The van der Waals surface area contributed by atoms with Crippen molar-refractivity contribution in [2.24, 2.45) is 23.5 Å². The fourth-order valence-electron chi connectivity index (χ4n) is 5.61. The Morgan fingerprint density at radius 3 is 2.58 bits per heavy atom. The summed E-state index contributed by atoms with van der Waals surface area (Å²) in [6, 6.07) is 10.7. The Hall–Kier alpha value is -2.39. The van der Waals surface area contributed by atoms with Crippen LogP contribution in [0.2, 0.25) is 0 Å². The van der Waals surface area contributed by atoms with Gasteiger partial charge in [-0.2, -0.15) is 0 Å². The number of hydrogen-bond donors (Lipinski definition) is 1. The van der Waals surface area contributed by atoms with Gasteiger partial charge in [0.05, 0.1) is 18.2 Å².